The van der Waals surface area contributed by atoms with Gasteiger partial charge in [0.2, 0.25) is 0 Å². The van der Waals surface area contributed by atoms with Gasteiger partial charge in [-0.1, -0.05) is 25.2 Å². The van der Waals surface area contributed by atoms with Crippen molar-refractivity contribution in [1.82, 2.24) is 0 Å². The molecule has 0 aromatic heterocycles. The molecular formula is C12H15NO. The Labute approximate surface area is 84.7 Å². The standard InChI is InChI=1S/C12H15NO/c1-3-4-5-6-11-7-8-13-12(9-11)10(2)14/h4-6,8-9H,3,7H2,1-2H3/b5-4-,11-6+. The summed E-state index contributed by atoms with van der Waals surface area (Å²) >= 11 is 0. The first kappa shape index (κ1) is 10.6. The van der Waals surface area contributed by atoms with Crippen LogP contribution < -0.4 is 0 Å². The first-order valence-electron chi connectivity index (χ1n) is 4.85. The maximum absolute atomic E-state index is 11.0. The number of carbonyl (C=O) groups excluding carboxylic acids is 1. The first-order valence-corrected chi connectivity index (χ1v) is 4.85. The Morgan fingerprint density at radius 3 is 3.07 bits per heavy atom. The van der Waals surface area contributed by atoms with Gasteiger partial charge in [-0.3, -0.25) is 9.79 Å². The number of Topliss-reactive ketones (excluding diaryl/α,β-unsaturated/α-hetero) is 1. The van der Waals surface area contributed by atoms with Crippen molar-refractivity contribution in [2.75, 3.05) is 0 Å². The van der Waals surface area contributed by atoms with Crippen LogP contribution in [0.2, 0.25) is 0 Å². The van der Waals surface area contributed by atoms with Gasteiger partial charge in [0, 0.05) is 19.6 Å². The Kier molecular flexibility index (Phi) is 4.05. The van der Waals surface area contributed by atoms with Crippen LogP contribution in [0.15, 0.2) is 40.6 Å². The van der Waals surface area contributed by atoms with E-state index in [1.165, 1.54) is 6.92 Å². The summed E-state index contributed by atoms with van der Waals surface area (Å²) in [6.07, 6.45) is 11.6. The highest BCUT2D eigenvalue weighted by Crippen LogP contribution is 2.13. The first-order chi connectivity index (χ1) is 6.74. The minimum Gasteiger partial charge on any atom is -0.293 e. The molecule has 0 saturated heterocycles. The summed E-state index contributed by atoms with van der Waals surface area (Å²) < 4.78 is 0. The van der Waals surface area contributed by atoms with Gasteiger partial charge in [-0.2, -0.15) is 0 Å². The third-order valence-corrected chi connectivity index (χ3v) is 1.92. The van der Waals surface area contributed by atoms with Crippen molar-refractivity contribution < 1.29 is 4.79 Å². The number of hydrogen-bond acceptors (Lipinski definition) is 2. The highest BCUT2D eigenvalue weighted by atomic mass is 16.1. The van der Waals surface area contributed by atoms with E-state index in [9.17, 15) is 4.79 Å². The third-order valence-electron chi connectivity index (χ3n) is 1.92. The van der Waals surface area contributed by atoms with Gasteiger partial charge in [0.15, 0.2) is 5.78 Å². The van der Waals surface area contributed by atoms with E-state index in [0.29, 0.717) is 5.70 Å². The zero-order valence-corrected chi connectivity index (χ0v) is 8.66. The van der Waals surface area contributed by atoms with Crippen LogP contribution >= 0.6 is 0 Å². The number of nitrogens with zero attached hydrogens (tertiary/aromatic N) is 1. The summed E-state index contributed by atoms with van der Waals surface area (Å²) in [5.41, 5.74) is 1.68. The van der Waals surface area contributed by atoms with E-state index in [0.717, 1.165) is 18.4 Å². The second-order valence-electron chi connectivity index (χ2n) is 3.18. The van der Waals surface area contributed by atoms with E-state index in [-0.39, 0.29) is 5.78 Å². The lowest BCUT2D eigenvalue weighted by atomic mass is 10.1. The molecule has 0 unspecified atom stereocenters. The molecule has 0 aromatic carbocycles. The molecule has 0 atom stereocenters. The molecule has 0 amide bonds. The average Bonchev–Trinajstić information content (AvgIpc) is 2.19. The van der Waals surface area contributed by atoms with E-state index >= 15 is 0 Å². The van der Waals surface area contributed by atoms with Crippen LogP contribution in [0.3, 0.4) is 0 Å². The summed E-state index contributed by atoms with van der Waals surface area (Å²) in [7, 11) is 0. The van der Waals surface area contributed by atoms with Crippen LogP contribution in [-0.4, -0.2) is 12.0 Å². The molecule has 0 N–H and O–H groups in total. The molecule has 14 heavy (non-hydrogen) atoms. The molecule has 1 aliphatic rings. The number of hydrogen-bond donors (Lipinski definition) is 0. The molecule has 0 aromatic rings. The molecule has 0 bridgehead atoms. The van der Waals surface area contributed by atoms with E-state index in [4.69, 9.17) is 0 Å². The van der Waals surface area contributed by atoms with Crippen LogP contribution in [0, 0.1) is 0 Å². The van der Waals surface area contributed by atoms with Crippen LogP contribution in [0.4, 0.5) is 0 Å². The Hall–Kier alpha value is -1.44. The van der Waals surface area contributed by atoms with E-state index in [2.05, 4.69) is 18.0 Å². The van der Waals surface area contributed by atoms with Crippen LogP contribution in [0.5, 0.6) is 0 Å². The lowest BCUT2D eigenvalue weighted by Gasteiger charge is -2.04. The monoisotopic (exact) mass is 189 g/mol. The van der Waals surface area contributed by atoms with Crippen LogP contribution in [-0.2, 0) is 4.79 Å². The highest BCUT2D eigenvalue weighted by Gasteiger charge is 2.05. The number of aliphatic imine (C=N–C) groups is 1. The summed E-state index contributed by atoms with van der Waals surface area (Å²) in [5.74, 6) is 0.0197. The van der Waals surface area contributed by atoms with Crippen molar-refractivity contribution in [2.45, 2.75) is 26.7 Å². The van der Waals surface area contributed by atoms with Gasteiger partial charge in [0.05, 0.1) is 0 Å². The van der Waals surface area contributed by atoms with E-state index in [1.807, 2.05) is 18.2 Å². The third kappa shape index (κ3) is 3.13. The molecule has 0 radical (unpaired) electrons. The topological polar surface area (TPSA) is 29.4 Å². The predicted molar refractivity (Wildman–Crippen MR) is 59.4 cm³/mol. The van der Waals surface area contributed by atoms with Gasteiger partial charge >= 0.3 is 0 Å². The normalized spacial score (nSPS) is 19.0. The highest BCUT2D eigenvalue weighted by molar-refractivity contribution is 5.96. The van der Waals surface area contributed by atoms with Crippen LogP contribution in [0.25, 0.3) is 0 Å². The molecule has 0 spiro atoms. The van der Waals surface area contributed by atoms with Gasteiger partial charge in [0.1, 0.15) is 5.70 Å². The number of rotatable bonds is 3. The number of allylic oxidation sites excluding steroid dienone is 6. The fourth-order valence-electron chi connectivity index (χ4n) is 1.16. The van der Waals surface area contributed by atoms with Crippen molar-refractivity contribution in [3.8, 4) is 0 Å². The van der Waals surface area contributed by atoms with Gasteiger partial charge in [-0.15, -0.1) is 0 Å². The Balaban J connectivity index is 2.75. The summed E-state index contributed by atoms with van der Waals surface area (Å²) in [4.78, 5) is 15.1. The minimum atomic E-state index is 0.0197. The molecular weight excluding hydrogens is 174 g/mol. The Morgan fingerprint density at radius 2 is 2.43 bits per heavy atom. The smallest absolute Gasteiger partial charge is 0.178 e. The fourth-order valence-corrected chi connectivity index (χ4v) is 1.16. The number of ketones is 1. The van der Waals surface area contributed by atoms with Gasteiger partial charge in [-0.05, 0) is 18.1 Å². The molecule has 74 valence electrons. The van der Waals surface area contributed by atoms with Crippen molar-refractivity contribution in [3.63, 3.8) is 0 Å². The molecule has 0 aliphatic carbocycles. The fraction of sp³-hybridized carbons (Fsp3) is 0.333. The Morgan fingerprint density at radius 1 is 1.64 bits per heavy atom. The van der Waals surface area contributed by atoms with Gasteiger partial charge in [0.25, 0.3) is 0 Å². The van der Waals surface area contributed by atoms with Crippen molar-refractivity contribution >= 4 is 12.0 Å². The molecule has 1 aliphatic heterocycles. The largest absolute Gasteiger partial charge is 0.293 e. The molecule has 1 rings (SSSR count). The predicted octanol–water partition coefficient (Wildman–Crippen LogP) is 2.83. The second kappa shape index (κ2) is 5.32. The quantitative estimate of drug-likeness (QED) is 0.671. The van der Waals surface area contributed by atoms with E-state index in [1.54, 1.807) is 6.21 Å². The van der Waals surface area contributed by atoms with Crippen LogP contribution in [0.1, 0.15) is 26.7 Å². The minimum absolute atomic E-state index is 0.0197. The SMILES string of the molecule is CC/C=C\C=C1\C=C(C(C)=O)N=CC1. The lowest BCUT2D eigenvalue weighted by Crippen LogP contribution is -1.99. The maximum Gasteiger partial charge on any atom is 0.178 e. The molecule has 1 heterocycles. The summed E-state index contributed by atoms with van der Waals surface area (Å²) in [6, 6.07) is 0. The van der Waals surface area contributed by atoms with Gasteiger partial charge < -0.3 is 0 Å². The zero-order valence-electron chi connectivity index (χ0n) is 8.66. The second-order valence-corrected chi connectivity index (χ2v) is 3.18. The molecule has 2 heteroatoms. The zero-order chi connectivity index (χ0) is 10.4. The molecule has 0 saturated carbocycles. The molecule has 2 nitrogen and oxygen atoms in total. The lowest BCUT2D eigenvalue weighted by molar-refractivity contribution is -0.113. The molecule has 0 fully saturated rings. The van der Waals surface area contributed by atoms with Gasteiger partial charge in [-0.25, -0.2) is 0 Å². The Bertz CT molecular complexity index is 332. The maximum atomic E-state index is 11.0. The van der Waals surface area contributed by atoms with Crippen molar-refractivity contribution in [1.29, 1.82) is 0 Å². The summed E-state index contributed by atoms with van der Waals surface area (Å²) in [5, 5.41) is 0. The van der Waals surface area contributed by atoms with E-state index < -0.39 is 0 Å². The van der Waals surface area contributed by atoms with Crippen molar-refractivity contribution in [3.05, 3.63) is 35.6 Å². The average molecular weight is 189 g/mol. The van der Waals surface area contributed by atoms with Crippen molar-refractivity contribution in [2.24, 2.45) is 4.99 Å². The summed E-state index contributed by atoms with van der Waals surface area (Å²) in [6.45, 7) is 3.63. The number of carbonyl (C=O) groups is 1.